The largest absolute Gasteiger partial charge is 0.392 e. The van der Waals surface area contributed by atoms with Crippen LogP contribution in [-0.4, -0.2) is 38.0 Å². The summed E-state index contributed by atoms with van der Waals surface area (Å²) in [5.41, 5.74) is 0. The van der Waals surface area contributed by atoms with Gasteiger partial charge in [-0.15, -0.1) is 0 Å². The van der Waals surface area contributed by atoms with Crippen molar-refractivity contribution in [3.05, 3.63) is 11.5 Å². The molecule has 0 aromatic carbocycles. The molecule has 1 heterocycles. The zero-order chi connectivity index (χ0) is 9.19. The highest BCUT2D eigenvalue weighted by Gasteiger charge is 2.20. The second-order valence-electron chi connectivity index (χ2n) is 3.02. The average Bonchev–Trinajstić information content (AvgIpc) is 2.26. The van der Waals surface area contributed by atoms with Crippen molar-refractivity contribution in [1.29, 1.82) is 0 Å². The molecule has 0 saturated heterocycles. The zero-order valence-corrected chi connectivity index (χ0v) is 7.71. The van der Waals surface area contributed by atoms with Crippen LogP contribution in [-0.2, 0) is 9.84 Å². The molecule has 12 heavy (non-hydrogen) atoms. The van der Waals surface area contributed by atoms with Crippen LogP contribution in [0.1, 0.15) is 6.92 Å². The van der Waals surface area contributed by atoms with Crippen LogP contribution < -0.4 is 5.32 Å². The van der Waals surface area contributed by atoms with Crippen molar-refractivity contribution in [3.8, 4) is 0 Å². The lowest BCUT2D eigenvalue weighted by molar-refractivity contribution is 0.189. The van der Waals surface area contributed by atoms with Crippen LogP contribution in [0, 0.1) is 0 Å². The van der Waals surface area contributed by atoms with Crippen molar-refractivity contribution in [2.75, 3.05) is 12.3 Å². The van der Waals surface area contributed by atoms with Crippen LogP contribution in [0.25, 0.3) is 0 Å². The molecule has 2 N–H and O–H groups in total. The highest BCUT2D eigenvalue weighted by atomic mass is 32.2. The summed E-state index contributed by atoms with van der Waals surface area (Å²) in [6.07, 6.45) is 1.17. The van der Waals surface area contributed by atoms with Gasteiger partial charge < -0.3 is 10.4 Å². The van der Waals surface area contributed by atoms with E-state index in [0.29, 0.717) is 6.54 Å². The van der Waals surface area contributed by atoms with Crippen LogP contribution in [0.4, 0.5) is 0 Å². The Labute approximate surface area is 72.2 Å². The van der Waals surface area contributed by atoms with Gasteiger partial charge in [0, 0.05) is 18.0 Å². The molecular weight excluding hydrogens is 178 g/mol. The molecule has 0 aromatic heterocycles. The number of nitrogens with one attached hydrogen (secondary N) is 1. The molecule has 5 heteroatoms. The average molecular weight is 191 g/mol. The summed E-state index contributed by atoms with van der Waals surface area (Å²) in [4.78, 5) is 0. The van der Waals surface area contributed by atoms with Crippen molar-refractivity contribution in [2.45, 2.75) is 19.1 Å². The van der Waals surface area contributed by atoms with E-state index < -0.39 is 15.9 Å². The molecule has 1 rings (SSSR count). The highest BCUT2D eigenvalue weighted by Crippen LogP contribution is 2.07. The fourth-order valence-electron chi connectivity index (χ4n) is 1.02. The minimum absolute atomic E-state index is 0.111. The van der Waals surface area contributed by atoms with E-state index in [9.17, 15) is 8.42 Å². The van der Waals surface area contributed by atoms with Crippen molar-refractivity contribution in [2.24, 2.45) is 0 Å². The molecular formula is C7H13NO3S. The van der Waals surface area contributed by atoms with E-state index in [4.69, 9.17) is 5.11 Å². The van der Waals surface area contributed by atoms with Gasteiger partial charge in [0.15, 0.2) is 9.84 Å². The second kappa shape index (κ2) is 3.55. The van der Waals surface area contributed by atoms with Gasteiger partial charge in [-0.3, -0.25) is 0 Å². The molecule has 1 aliphatic heterocycles. The lowest BCUT2D eigenvalue weighted by Gasteiger charge is -2.10. The normalized spacial score (nSPS) is 29.0. The first-order valence-corrected chi connectivity index (χ1v) is 5.53. The maximum Gasteiger partial charge on any atom is 0.173 e. The summed E-state index contributed by atoms with van der Waals surface area (Å²) < 4.78 is 21.8. The quantitative estimate of drug-likeness (QED) is 0.617. The molecule has 0 spiro atoms. The number of aliphatic hydroxyl groups is 1. The van der Waals surface area contributed by atoms with Gasteiger partial charge in [0.1, 0.15) is 0 Å². The number of rotatable bonds is 3. The monoisotopic (exact) mass is 191 g/mol. The van der Waals surface area contributed by atoms with Gasteiger partial charge >= 0.3 is 0 Å². The number of hydrogen-bond donors (Lipinski definition) is 2. The minimum atomic E-state index is -2.97. The maximum atomic E-state index is 10.9. The van der Waals surface area contributed by atoms with E-state index in [2.05, 4.69) is 5.32 Å². The Morgan fingerprint density at radius 2 is 2.42 bits per heavy atom. The van der Waals surface area contributed by atoms with E-state index in [1.807, 2.05) is 0 Å². The van der Waals surface area contributed by atoms with E-state index in [1.165, 1.54) is 5.41 Å². The van der Waals surface area contributed by atoms with Crippen LogP contribution in [0.2, 0.25) is 0 Å². The third-order valence-corrected chi connectivity index (χ3v) is 3.00. The molecule has 0 saturated carbocycles. The van der Waals surface area contributed by atoms with E-state index in [1.54, 1.807) is 13.0 Å². The van der Waals surface area contributed by atoms with Gasteiger partial charge in [0.2, 0.25) is 0 Å². The molecule has 0 aromatic rings. The summed E-state index contributed by atoms with van der Waals surface area (Å²) in [7, 11) is -2.97. The first-order valence-electron chi connectivity index (χ1n) is 3.82. The van der Waals surface area contributed by atoms with Crippen LogP contribution in [0.15, 0.2) is 11.5 Å². The number of aliphatic hydroxyl groups excluding tert-OH is 1. The second-order valence-corrected chi connectivity index (χ2v) is 4.95. The van der Waals surface area contributed by atoms with Crippen molar-refractivity contribution < 1.29 is 13.5 Å². The lowest BCUT2D eigenvalue weighted by Crippen LogP contribution is -2.35. The Bertz CT molecular complexity index is 268. The van der Waals surface area contributed by atoms with E-state index in [-0.39, 0.29) is 11.8 Å². The van der Waals surface area contributed by atoms with Crippen LogP contribution >= 0.6 is 0 Å². The Morgan fingerprint density at radius 1 is 1.75 bits per heavy atom. The van der Waals surface area contributed by atoms with Gasteiger partial charge in [-0.2, -0.15) is 0 Å². The Kier molecular flexibility index (Phi) is 2.87. The van der Waals surface area contributed by atoms with Gasteiger partial charge in [0.25, 0.3) is 0 Å². The van der Waals surface area contributed by atoms with E-state index >= 15 is 0 Å². The summed E-state index contributed by atoms with van der Waals surface area (Å²) >= 11 is 0. The predicted octanol–water partition coefficient (Wildman–Crippen LogP) is -0.732. The fourth-order valence-corrected chi connectivity index (χ4v) is 2.29. The van der Waals surface area contributed by atoms with Gasteiger partial charge in [-0.25, -0.2) is 8.42 Å². The SMILES string of the molecule is C[C@H](O)CNC1C=CS(=O)(=O)C1. The number of hydrogen-bond acceptors (Lipinski definition) is 4. The minimum Gasteiger partial charge on any atom is -0.392 e. The molecule has 0 fully saturated rings. The first-order chi connectivity index (χ1) is 5.49. The Balaban J connectivity index is 2.35. The lowest BCUT2D eigenvalue weighted by atomic mass is 10.3. The molecule has 1 aliphatic rings. The number of sulfone groups is 1. The van der Waals surface area contributed by atoms with E-state index in [0.717, 1.165) is 0 Å². The standard InChI is InChI=1S/C7H13NO3S/c1-6(9)4-8-7-2-3-12(10,11)5-7/h2-3,6-9H,4-5H2,1H3/t6-,7?/m0/s1. The third kappa shape index (κ3) is 2.92. The molecule has 0 radical (unpaired) electrons. The first kappa shape index (κ1) is 9.70. The highest BCUT2D eigenvalue weighted by molar-refractivity contribution is 7.94. The zero-order valence-electron chi connectivity index (χ0n) is 6.90. The molecule has 0 bridgehead atoms. The molecule has 0 aliphatic carbocycles. The van der Waals surface area contributed by atoms with Crippen LogP contribution in [0.3, 0.4) is 0 Å². The topological polar surface area (TPSA) is 66.4 Å². The van der Waals surface area contributed by atoms with Gasteiger partial charge in [-0.05, 0) is 6.92 Å². The van der Waals surface area contributed by atoms with Gasteiger partial charge in [-0.1, -0.05) is 6.08 Å². The molecule has 4 nitrogen and oxygen atoms in total. The van der Waals surface area contributed by atoms with Crippen molar-refractivity contribution in [1.82, 2.24) is 5.32 Å². The van der Waals surface area contributed by atoms with Crippen molar-refractivity contribution >= 4 is 9.84 Å². The predicted molar refractivity (Wildman–Crippen MR) is 46.4 cm³/mol. The Morgan fingerprint density at radius 3 is 2.83 bits per heavy atom. The molecule has 1 unspecified atom stereocenters. The summed E-state index contributed by atoms with van der Waals surface area (Å²) in [6.45, 7) is 2.07. The smallest absolute Gasteiger partial charge is 0.173 e. The Hall–Kier alpha value is -0.390. The summed E-state index contributed by atoms with van der Waals surface area (Å²) in [5, 5.41) is 13.0. The summed E-state index contributed by atoms with van der Waals surface area (Å²) in [6, 6.07) is -0.135. The molecule has 2 atom stereocenters. The van der Waals surface area contributed by atoms with Gasteiger partial charge in [0.05, 0.1) is 11.9 Å². The fraction of sp³-hybridized carbons (Fsp3) is 0.714. The maximum absolute atomic E-state index is 10.9. The molecule has 0 amide bonds. The van der Waals surface area contributed by atoms with Crippen LogP contribution in [0.5, 0.6) is 0 Å². The molecule has 70 valence electrons. The summed E-state index contributed by atoms with van der Waals surface area (Å²) in [5.74, 6) is 0.111. The third-order valence-electron chi connectivity index (χ3n) is 1.61. The van der Waals surface area contributed by atoms with Crippen molar-refractivity contribution in [3.63, 3.8) is 0 Å².